The molecule has 0 aromatic heterocycles. The summed E-state index contributed by atoms with van der Waals surface area (Å²) in [5.41, 5.74) is 1.48. The molecule has 0 spiro atoms. The summed E-state index contributed by atoms with van der Waals surface area (Å²) in [6, 6.07) is 0. The number of ether oxygens (including phenoxy) is 1. The fourth-order valence-corrected chi connectivity index (χ4v) is 1.19. The van der Waals surface area contributed by atoms with Gasteiger partial charge in [0.1, 0.15) is 0 Å². The van der Waals surface area contributed by atoms with Gasteiger partial charge in [-0.05, 0) is 38.8 Å². The Morgan fingerprint density at radius 3 is 2.85 bits per heavy atom. The van der Waals surface area contributed by atoms with Gasteiger partial charge in [0.25, 0.3) is 0 Å². The first kappa shape index (κ1) is 10.7. The van der Waals surface area contributed by atoms with E-state index in [0.717, 1.165) is 32.5 Å². The van der Waals surface area contributed by atoms with E-state index in [2.05, 4.69) is 32.2 Å². The van der Waals surface area contributed by atoms with E-state index in [1.807, 2.05) is 0 Å². The molecule has 0 radical (unpaired) electrons. The van der Waals surface area contributed by atoms with Crippen LogP contribution in [0.3, 0.4) is 0 Å². The first-order chi connectivity index (χ1) is 6.14. The Labute approximate surface area is 81.4 Å². The van der Waals surface area contributed by atoms with Crippen molar-refractivity contribution in [1.29, 1.82) is 0 Å². The molecule has 2 nitrogen and oxygen atoms in total. The summed E-state index contributed by atoms with van der Waals surface area (Å²) in [6.07, 6.45) is 4.45. The van der Waals surface area contributed by atoms with Crippen LogP contribution in [0.1, 0.15) is 33.6 Å². The number of hydrogen-bond donors (Lipinski definition) is 1. The van der Waals surface area contributed by atoms with Crippen molar-refractivity contribution in [3.05, 3.63) is 11.6 Å². The summed E-state index contributed by atoms with van der Waals surface area (Å²) >= 11 is 0. The highest BCUT2D eigenvalue weighted by Gasteiger charge is 2.16. The third-order valence-corrected chi connectivity index (χ3v) is 2.66. The molecular formula is C11H21NO. The molecule has 0 saturated heterocycles. The molecular weight excluding hydrogens is 162 g/mol. The second kappa shape index (κ2) is 4.77. The molecule has 0 fully saturated rings. The van der Waals surface area contributed by atoms with Gasteiger partial charge in [0.15, 0.2) is 0 Å². The molecule has 0 unspecified atom stereocenters. The maximum atomic E-state index is 5.82. The van der Waals surface area contributed by atoms with Crippen molar-refractivity contribution in [3.63, 3.8) is 0 Å². The normalized spacial score (nSPS) is 18.5. The van der Waals surface area contributed by atoms with Crippen molar-refractivity contribution in [1.82, 2.24) is 5.32 Å². The Balaban J connectivity index is 2.29. The highest BCUT2D eigenvalue weighted by Crippen LogP contribution is 2.16. The van der Waals surface area contributed by atoms with Gasteiger partial charge >= 0.3 is 0 Å². The van der Waals surface area contributed by atoms with E-state index >= 15 is 0 Å². The maximum absolute atomic E-state index is 5.82. The summed E-state index contributed by atoms with van der Waals surface area (Å²) in [6.45, 7) is 9.37. The Morgan fingerprint density at radius 1 is 1.54 bits per heavy atom. The van der Waals surface area contributed by atoms with Gasteiger partial charge in [-0.2, -0.15) is 0 Å². The van der Waals surface area contributed by atoms with Gasteiger partial charge in [-0.1, -0.05) is 13.0 Å². The molecule has 0 aromatic carbocycles. The molecule has 2 heteroatoms. The van der Waals surface area contributed by atoms with Gasteiger partial charge in [0, 0.05) is 6.54 Å². The van der Waals surface area contributed by atoms with Crippen LogP contribution in [-0.4, -0.2) is 25.3 Å². The van der Waals surface area contributed by atoms with Crippen LogP contribution in [0.25, 0.3) is 0 Å². The fraction of sp³-hybridized carbons (Fsp3) is 0.818. The van der Waals surface area contributed by atoms with Crippen LogP contribution >= 0.6 is 0 Å². The van der Waals surface area contributed by atoms with Gasteiger partial charge in [-0.3, -0.25) is 0 Å². The largest absolute Gasteiger partial charge is 0.371 e. The van der Waals surface area contributed by atoms with Crippen molar-refractivity contribution < 1.29 is 4.74 Å². The predicted octanol–water partition coefficient (Wildman–Crippen LogP) is 2.11. The predicted molar refractivity (Wildman–Crippen MR) is 55.9 cm³/mol. The summed E-state index contributed by atoms with van der Waals surface area (Å²) < 4.78 is 5.82. The quantitative estimate of drug-likeness (QED) is 0.674. The topological polar surface area (TPSA) is 21.3 Å². The average molecular weight is 183 g/mol. The van der Waals surface area contributed by atoms with Crippen molar-refractivity contribution in [2.75, 3.05) is 19.7 Å². The monoisotopic (exact) mass is 183 g/mol. The first-order valence-electron chi connectivity index (χ1n) is 5.16. The second-order valence-corrected chi connectivity index (χ2v) is 4.22. The highest BCUT2D eigenvalue weighted by molar-refractivity contribution is 5.07. The minimum atomic E-state index is 0.0334. The van der Waals surface area contributed by atoms with Crippen LogP contribution in [0.4, 0.5) is 0 Å². The summed E-state index contributed by atoms with van der Waals surface area (Å²) in [4.78, 5) is 0. The van der Waals surface area contributed by atoms with Crippen LogP contribution in [-0.2, 0) is 4.74 Å². The molecule has 13 heavy (non-hydrogen) atoms. The van der Waals surface area contributed by atoms with Crippen LogP contribution in [0.15, 0.2) is 11.6 Å². The molecule has 0 saturated carbocycles. The minimum absolute atomic E-state index is 0.0334. The Hall–Kier alpha value is -0.340. The van der Waals surface area contributed by atoms with Crippen LogP contribution < -0.4 is 5.32 Å². The molecule has 76 valence electrons. The van der Waals surface area contributed by atoms with Crippen LogP contribution in [0, 0.1) is 0 Å². The van der Waals surface area contributed by atoms with Crippen molar-refractivity contribution in [3.8, 4) is 0 Å². The lowest BCUT2D eigenvalue weighted by Gasteiger charge is -2.25. The molecule has 1 rings (SSSR count). The van der Waals surface area contributed by atoms with Gasteiger partial charge in [-0.25, -0.2) is 0 Å². The standard InChI is InChI=1S/C11H21NO/c1-4-11(2,3)13-9-10-5-7-12-8-6-10/h5,12H,4,6-9H2,1-3H3. The summed E-state index contributed by atoms with van der Waals surface area (Å²) in [7, 11) is 0. The van der Waals surface area contributed by atoms with Gasteiger partial charge in [0.05, 0.1) is 12.2 Å². The fourth-order valence-electron chi connectivity index (χ4n) is 1.19. The van der Waals surface area contributed by atoms with Crippen molar-refractivity contribution in [2.24, 2.45) is 0 Å². The summed E-state index contributed by atoms with van der Waals surface area (Å²) in [5, 5.41) is 3.29. The van der Waals surface area contributed by atoms with E-state index in [9.17, 15) is 0 Å². The Bertz CT molecular complexity index is 185. The lowest BCUT2D eigenvalue weighted by Crippen LogP contribution is -2.27. The smallest absolute Gasteiger partial charge is 0.0685 e. The molecule has 0 aliphatic carbocycles. The van der Waals surface area contributed by atoms with E-state index in [-0.39, 0.29) is 5.60 Å². The SMILES string of the molecule is CCC(C)(C)OCC1=CCNCC1. The van der Waals surface area contributed by atoms with E-state index in [1.54, 1.807) is 0 Å². The maximum Gasteiger partial charge on any atom is 0.0685 e. The lowest BCUT2D eigenvalue weighted by atomic mass is 10.1. The molecule has 1 aliphatic heterocycles. The number of nitrogens with one attached hydrogen (secondary N) is 1. The molecule has 1 heterocycles. The van der Waals surface area contributed by atoms with Gasteiger partial charge in [-0.15, -0.1) is 0 Å². The lowest BCUT2D eigenvalue weighted by molar-refractivity contribution is -0.00819. The van der Waals surface area contributed by atoms with Gasteiger partial charge in [0.2, 0.25) is 0 Å². The molecule has 1 aliphatic rings. The third kappa shape index (κ3) is 3.92. The second-order valence-electron chi connectivity index (χ2n) is 4.22. The van der Waals surface area contributed by atoms with E-state index in [4.69, 9.17) is 4.74 Å². The van der Waals surface area contributed by atoms with Crippen molar-refractivity contribution in [2.45, 2.75) is 39.2 Å². The molecule has 0 bridgehead atoms. The van der Waals surface area contributed by atoms with Crippen molar-refractivity contribution >= 4 is 0 Å². The molecule has 0 aromatic rings. The number of hydrogen-bond acceptors (Lipinski definition) is 2. The third-order valence-electron chi connectivity index (χ3n) is 2.66. The highest BCUT2D eigenvalue weighted by atomic mass is 16.5. The zero-order valence-corrected chi connectivity index (χ0v) is 9.02. The minimum Gasteiger partial charge on any atom is -0.371 e. The molecule has 1 N–H and O–H groups in total. The Morgan fingerprint density at radius 2 is 2.31 bits per heavy atom. The van der Waals surface area contributed by atoms with Crippen LogP contribution in [0.5, 0.6) is 0 Å². The number of rotatable bonds is 4. The zero-order valence-electron chi connectivity index (χ0n) is 9.02. The molecule has 0 atom stereocenters. The summed E-state index contributed by atoms with van der Waals surface area (Å²) in [5.74, 6) is 0. The van der Waals surface area contributed by atoms with E-state index in [0.29, 0.717) is 0 Å². The van der Waals surface area contributed by atoms with Gasteiger partial charge < -0.3 is 10.1 Å². The first-order valence-corrected chi connectivity index (χ1v) is 5.16. The van der Waals surface area contributed by atoms with E-state index < -0.39 is 0 Å². The van der Waals surface area contributed by atoms with E-state index in [1.165, 1.54) is 5.57 Å². The zero-order chi connectivity index (χ0) is 9.73. The average Bonchev–Trinajstić information content (AvgIpc) is 2.17. The van der Waals surface area contributed by atoms with Crippen LogP contribution in [0.2, 0.25) is 0 Å². The molecule has 0 amide bonds. The Kier molecular flexibility index (Phi) is 3.94.